The van der Waals surface area contributed by atoms with E-state index >= 15 is 0 Å². The van der Waals surface area contributed by atoms with Crippen LogP contribution in [-0.4, -0.2) is 46.2 Å². The fourth-order valence-corrected chi connectivity index (χ4v) is 5.11. The lowest BCUT2D eigenvalue weighted by atomic mass is 9.97. The van der Waals surface area contributed by atoms with E-state index < -0.39 is 89.0 Å². The quantitative estimate of drug-likeness (QED) is 0.261. The Morgan fingerprint density at radius 3 is 1.51 bits per heavy atom. The third-order valence-electron chi connectivity index (χ3n) is 7.55. The van der Waals surface area contributed by atoms with Gasteiger partial charge >= 0.3 is 36.9 Å². The largest absolute Gasteiger partial charge is 0.480 e. The smallest absolute Gasteiger partial charge is 0.416 e. The van der Waals surface area contributed by atoms with Crippen LogP contribution < -0.4 is 10.1 Å². The molecule has 0 bridgehead atoms. The molecular weight excluding hydrogens is 724 g/mol. The Morgan fingerprint density at radius 2 is 1.12 bits per heavy atom. The molecule has 0 radical (unpaired) electrons. The van der Waals surface area contributed by atoms with Gasteiger partial charge in [-0.25, -0.2) is 14.6 Å². The summed E-state index contributed by atoms with van der Waals surface area (Å²) in [6, 6.07) is 0.640. The zero-order chi connectivity index (χ0) is 38.3. The number of nitrogens with zero attached hydrogens (tertiary/aromatic N) is 3. The molecule has 0 saturated carbocycles. The van der Waals surface area contributed by atoms with Gasteiger partial charge in [-0.1, -0.05) is 0 Å². The predicted octanol–water partition coefficient (Wildman–Crippen LogP) is 8.50. The fraction of sp³-hybridized carbons (Fsp3) is 0.400. The molecule has 2 amide bonds. The Hall–Kier alpha value is -4.98. The number of ether oxygens (including phenoxy) is 3. The van der Waals surface area contributed by atoms with Crippen LogP contribution in [0.4, 0.5) is 62.3 Å². The summed E-state index contributed by atoms with van der Waals surface area (Å²) >= 11 is 0. The number of benzene rings is 2. The maximum atomic E-state index is 13.1. The molecule has 2 saturated heterocycles. The van der Waals surface area contributed by atoms with E-state index in [9.17, 15) is 62.3 Å². The molecule has 2 fully saturated rings. The lowest BCUT2D eigenvalue weighted by Crippen LogP contribution is -2.32. The minimum absolute atomic E-state index is 0.0210. The van der Waals surface area contributed by atoms with Crippen molar-refractivity contribution in [3.63, 3.8) is 0 Å². The third-order valence-corrected chi connectivity index (χ3v) is 7.55. The first-order valence-corrected chi connectivity index (χ1v) is 14.3. The van der Waals surface area contributed by atoms with Crippen molar-refractivity contribution in [3.05, 3.63) is 87.9 Å². The summed E-state index contributed by atoms with van der Waals surface area (Å²) in [6.07, 6.45) is -21.5. The van der Waals surface area contributed by atoms with Gasteiger partial charge in [0, 0.05) is 12.4 Å². The van der Waals surface area contributed by atoms with Gasteiger partial charge in [0.05, 0.1) is 48.0 Å². The van der Waals surface area contributed by atoms with Gasteiger partial charge in [0.2, 0.25) is 5.88 Å². The van der Waals surface area contributed by atoms with Gasteiger partial charge in [0.15, 0.2) is 0 Å². The number of alkyl carbamates (subject to hydrolysis) is 1. The molecule has 0 unspecified atom stereocenters. The molecule has 2 aromatic carbocycles. The molecule has 3 heterocycles. The second kappa shape index (κ2) is 14.0. The highest BCUT2D eigenvalue weighted by molar-refractivity contribution is 5.71. The Morgan fingerprint density at radius 1 is 0.686 bits per heavy atom. The lowest BCUT2D eigenvalue weighted by Gasteiger charge is -2.22. The van der Waals surface area contributed by atoms with Gasteiger partial charge < -0.3 is 19.5 Å². The lowest BCUT2D eigenvalue weighted by molar-refractivity contribution is -0.144. The van der Waals surface area contributed by atoms with Gasteiger partial charge in [0.1, 0.15) is 17.9 Å². The van der Waals surface area contributed by atoms with Crippen molar-refractivity contribution in [1.82, 2.24) is 20.2 Å². The molecule has 278 valence electrons. The van der Waals surface area contributed by atoms with Crippen LogP contribution in [0.2, 0.25) is 0 Å². The van der Waals surface area contributed by atoms with Crippen molar-refractivity contribution in [3.8, 4) is 5.88 Å². The summed E-state index contributed by atoms with van der Waals surface area (Å²) in [7, 11) is 1.34. The number of nitrogens with one attached hydrogen (secondary N) is 1. The molecule has 4 atom stereocenters. The summed E-state index contributed by atoms with van der Waals surface area (Å²) in [6.45, 7) is 2.72. The number of amides is 2. The summed E-state index contributed by atoms with van der Waals surface area (Å²) < 4.78 is 170. The van der Waals surface area contributed by atoms with Gasteiger partial charge in [-0.3, -0.25) is 9.88 Å². The summed E-state index contributed by atoms with van der Waals surface area (Å²) in [5, 5.41) is 2.26. The number of cyclic esters (lactones) is 2. The second-order valence-electron chi connectivity index (χ2n) is 11.1. The average Bonchev–Trinajstić information content (AvgIpc) is 3.51. The average molecular weight is 749 g/mol. The van der Waals surface area contributed by atoms with Gasteiger partial charge in [-0.2, -0.15) is 52.7 Å². The third kappa shape index (κ3) is 9.04. The number of hydrogen-bond acceptors (Lipinski definition) is 7. The van der Waals surface area contributed by atoms with Crippen LogP contribution in [-0.2, 0) is 40.7 Å². The van der Waals surface area contributed by atoms with Crippen LogP contribution in [0.25, 0.3) is 0 Å². The van der Waals surface area contributed by atoms with Crippen LogP contribution in [0.5, 0.6) is 5.88 Å². The van der Waals surface area contributed by atoms with Crippen molar-refractivity contribution < 1.29 is 76.5 Å². The molecule has 1 aromatic heterocycles. The zero-order valence-electron chi connectivity index (χ0n) is 26.1. The number of hydrogen-bond donors (Lipinski definition) is 1. The summed E-state index contributed by atoms with van der Waals surface area (Å²) in [5.41, 5.74) is -6.36. The Kier molecular flexibility index (Phi) is 10.6. The highest BCUT2D eigenvalue weighted by Crippen LogP contribution is 2.42. The molecule has 9 nitrogen and oxygen atoms in total. The molecule has 51 heavy (non-hydrogen) atoms. The standard InChI is InChI=1S/C18H15F6N3O3.C12H9F6NO2/c1-9-14(10-5-11(17(19,20)21)7-12(6-10)18(22,23)24)30-16(28)27(9)8-13-15(29-2)26-4-3-25-13;1-5-9(21-10(20)19-5)6-2-7(11(13,14)15)4-8(3-6)12(16,17)18/h3-7,9,14H,8H2,1-2H3;2-5,9H,1H3,(H,19,20)/t9-,14-;5-,9-/m00/s1. The van der Waals surface area contributed by atoms with E-state index in [1.165, 1.54) is 33.4 Å². The topological polar surface area (TPSA) is 103 Å². The number of carbonyl (C=O) groups is 2. The Labute approximate surface area is 279 Å². The number of alkyl halides is 12. The van der Waals surface area contributed by atoms with E-state index in [4.69, 9.17) is 14.2 Å². The number of methoxy groups -OCH3 is 1. The first-order chi connectivity index (χ1) is 23.4. The molecule has 2 aliphatic rings. The Bertz CT molecular complexity index is 1700. The summed E-state index contributed by atoms with van der Waals surface area (Å²) in [4.78, 5) is 32.4. The monoisotopic (exact) mass is 748 g/mol. The zero-order valence-corrected chi connectivity index (χ0v) is 26.1. The van der Waals surface area contributed by atoms with Crippen LogP contribution in [0, 0.1) is 0 Å². The van der Waals surface area contributed by atoms with Crippen LogP contribution in [0.15, 0.2) is 48.8 Å². The van der Waals surface area contributed by atoms with Crippen LogP contribution >= 0.6 is 0 Å². The van der Waals surface area contributed by atoms with E-state index in [-0.39, 0.29) is 35.8 Å². The van der Waals surface area contributed by atoms with E-state index in [0.717, 1.165) is 4.90 Å². The normalized spacial score (nSPS) is 21.0. The van der Waals surface area contributed by atoms with Crippen LogP contribution in [0.3, 0.4) is 0 Å². The Balaban J connectivity index is 0.000000244. The molecule has 3 aromatic rings. The molecule has 0 aliphatic carbocycles. The number of halogens is 12. The predicted molar refractivity (Wildman–Crippen MR) is 148 cm³/mol. The van der Waals surface area contributed by atoms with Crippen molar-refractivity contribution in [2.45, 2.75) is 69.4 Å². The molecule has 2 aliphatic heterocycles. The van der Waals surface area contributed by atoms with Gasteiger partial charge in [0.25, 0.3) is 0 Å². The van der Waals surface area contributed by atoms with E-state index in [0.29, 0.717) is 24.3 Å². The van der Waals surface area contributed by atoms with Crippen molar-refractivity contribution >= 4 is 12.2 Å². The minimum atomic E-state index is -5.01. The molecule has 1 N–H and O–H groups in total. The molecule has 21 heteroatoms. The second-order valence-corrected chi connectivity index (χ2v) is 11.1. The first kappa shape index (κ1) is 38.8. The van der Waals surface area contributed by atoms with E-state index in [2.05, 4.69) is 15.3 Å². The fourth-order valence-electron chi connectivity index (χ4n) is 5.11. The maximum absolute atomic E-state index is 13.1. The SMILES string of the molecule is COc1nccnc1CN1C(=O)O[C@H](c2cc(C(F)(F)F)cc(C(F)(F)F)c2)[C@@H]1C.C[C@@H]1NC(=O)O[C@@H]1c1cc(C(F)(F)F)cc(C(F)(F)F)c1. The van der Waals surface area contributed by atoms with Crippen molar-refractivity contribution in [2.24, 2.45) is 0 Å². The van der Waals surface area contributed by atoms with Crippen LogP contribution in [0.1, 0.15) is 65.1 Å². The highest BCUT2D eigenvalue weighted by atomic mass is 19.4. The highest BCUT2D eigenvalue weighted by Gasteiger charge is 2.44. The van der Waals surface area contributed by atoms with E-state index in [1.54, 1.807) is 0 Å². The molecular formula is C30H24F12N4O5. The van der Waals surface area contributed by atoms with Gasteiger partial charge in [-0.15, -0.1) is 0 Å². The number of aromatic nitrogens is 2. The maximum Gasteiger partial charge on any atom is 0.416 e. The molecule has 5 rings (SSSR count). The number of rotatable bonds is 5. The minimum Gasteiger partial charge on any atom is -0.480 e. The van der Waals surface area contributed by atoms with Crippen molar-refractivity contribution in [1.29, 1.82) is 0 Å². The first-order valence-electron chi connectivity index (χ1n) is 14.3. The molecule has 0 spiro atoms. The summed E-state index contributed by atoms with van der Waals surface area (Å²) in [5.74, 6) is 0.124. The van der Waals surface area contributed by atoms with Crippen molar-refractivity contribution in [2.75, 3.05) is 7.11 Å². The number of carbonyl (C=O) groups excluding carboxylic acids is 2. The van der Waals surface area contributed by atoms with E-state index in [1.807, 2.05) is 0 Å². The van der Waals surface area contributed by atoms with Gasteiger partial charge in [-0.05, 0) is 61.4 Å².